The number of rotatable bonds is 6. The third-order valence-electron chi connectivity index (χ3n) is 4.97. The summed E-state index contributed by atoms with van der Waals surface area (Å²) in [6, 6.07) is 21.2. The molecular formula is C24H19F3N2. The van der Waals surface area contributed by atoms with Crippen LogP contribution < -0.4 is 0 Å². The third-order valence-corrected chi connectivity index (χ3v) is 4.97. The molecule has 146 valence electrons. The molecule has 4 rings (SSSR count). The van der Waals surface area contributed by atoms with Gasteiger partial charge in [0.05, 0.1) is 11.4 Å². The zero-order valence-corrected chi connectivity index (χ0v) is 15.6. The van der Waals surface area contributed by atoms with E-state index in [1.165, 1.54) is 0 Å². The number of benzene rings is 3. The number of hydrogen-bond donors (Lipinski definition) is 1. The molecule has 0 bridgehead atoms. The van der Waals surface area contributed by atoms with Gasteiger partial charge in [-0.1, -0.05) is 72.8 Å². The van der Waals surface area contributed by atoms with Crippen molar-refractivity contribution in [2.75, 3.05) is 0 Å². The van der Waals surface area contributed by atoms with Crippen molar-refractivity contribution in [2.24, 2.45) is 0 Å². The van der Waals surface area contributed by atoms with E-state index in [0.29, 0.717) is 50.6 Å². The van der Waals surface area contributed by atoms with Gasteiger partial charge < -0.3 is 4.98 Å². The lowest BCUT2D eigenvalue weighted by Gasteiger charge is -2.09. The van der Waals surface area contributed by atoms with Crippen LogP contribution in [0.1, 0.15) is 16.7 Å². The molecule has 0 atom stereocenters. The first-order valence-corrected chi connectivity index (χ1v) is 9.29. The Kier molecular flexibility index (Phi) is 5.47. The van der Waals surface area contributed by atoms with Gasteiger partial charge in [-0.3, -0.25) is 0 Å². The first-order chi connectivity index (χ1) is 14.3. The van der Waals surface area contributed by atoms with Crippen LogP contribution in [-0.4, -0.2) is 9.97 Å². The monoisotopic (exact) mass is 392 g/mol. The fourth-order valence-electron chi connectivity index (χ4n) is 3.51. The van der Waals surface area contributed by atoms with Crippen LogP contribution in [0.15, 0.2) is 72.8 Å². The smallest absolute Gasteiger partial charge is 0.138 e. The van der Waals surface area contributed by atoms with Gasteiger partial charge in [0.2, 0.25) is 0 Å². The van der Waals surface area contributed by atoms with E-state index in [4.69, 9.17) is 4.98 Å². The molecule has 0 aliphatic heterocycles. The van der Waals surface area contributed by atoms with Gasteiger partial charge in [0, 0.05) is 16.7 Å². The number of nitrogens with zero attached hydrogens (tertiary/aromatic N) is 1. The summed E-state index contributed by atoms with van der Waals surface area (Å²) in [6.07, 6.45) is 0. The standard InChI is InChI=1S/C24H19F3N2/c25-13-16-7-1-4-10-19(16)22-23(20-11-5-2-8-17(20)14-26)29-24(28-22)21-12-6-3-9-18(21)15-27/h1-12H,13-15H2,(H,28,29). The summed E-state index contributed by atoms with van der Waals surface area (Å²) in [7, 11) is 0. The highest BCUT2D eigenvalue weighted by atomic mass is 19.1. The van der Waals surface area contributed by atoms with Gasteiger partial charge in [0.15, 0.2) is 0 Å². The lowest BCUT2D eigenvalue weighted by atomic mass is 9.98. The number of alkyl halides is 3. The summed E-state index contributed by atoms with van der Waals surface area (Å²) < 4.78 is 40.8. The summed E-state index contributed by atoms with van der Waals surface area (Å²) in [6.45, 7) is -1.93. The van der Waals surface area contributed by atoms with Crippen LogP contribution in [-0.2, 0) is 20.0 Å². The van der Waals surface area contributed by atoms with E-state index in [-0.39, 0.29) is 0 Å². The second kappa shape index (κ2) is 8.35. The minimum Gasteiger partial charge on any atom is -0.337 e. The van der Waals surface area contributed by atoms with Crippen molar-refractivity contribution in [3.63, 3.8) is 0 Å². The van der Waals surface area contributed by atoms with Crippen LogP contribution in [0.2, 0.25) is 0 Å². The molecule has 0 amide bonds. The Hall–Kier alpha value is -3.34. The molecule has 0 aliphatic rings. The zero-order chi connectivity index (χ0) is 20.2. The summed E-state index contributed by atoms with van der Waals surface area (Å²) in [5.41, 5.74) is 4.48. The van der Waals surface area contributed by atoms with E-state index in [1.807, 2.05) is 12.1 Å². The second-order valence-corrected chi connectivity index (χ2v) is 6.68. The lowest BCUT2D eigenvalue weighted by molar-refractivity contribution is 0.485. The van der Waals surface area contributed by atoms with Crippen molar-refractivity contribution in [1.29, 1.82) is 0 Å². The topological polar surface area (TPSA) is 28.7 Å². The molecule has 0 fully saturated rings. The molecule has 1 N–H and O–H groups in total. The number of hydrogen-bond acceptors (Lipinski definition) is 1. The fourth-order valence-corrected chi connectivity index (χ4v) is 3.51. The van der Waals surface area contributed by atoms with Crippen molar-refractivity contribution in [2.45, 2.75) is 20.0 Å². The number of halogens is 3. The van der Waals surface area contributed by atoms with Crippen LogP contribution in [0.3, 0.4) is 0 Å². The number of imidazole rings is 1. The van der Waals surface area contributed by atoms with E-state index >= 15 is 0 Å². The average Bonchev–Trinajstić information content (AvgIpc) is 3.23. The van der Waals surface area contributed by atoms with E-state index in [9.17, 15) is 13.2 Å². The van der Waals surface area contributed by atoms with Crippen LogP contribution in [0, 0.1) is 0 Å². The van der Waals surface area contributed by atoms with Crippen molar-refractivity contribution in [1.82, 2.24) is 9.97 Å². The predicted octanol–water partition coefficient (Wildman–Crippen LogP) is 6.82. The Morgan fingerprint density at radius 2 is 1.03 bits per heavy atom. The molecule has 0 aliphatic carbocycles. The molecule has 0 saturated heterocycles. The van der Waals surface area contributed by atoms with Gasteiger partial charge in [0.25, 0.3) is 0 Å². The Morgan fingerprint density at radius 3 is 1.62 bits per heavy atom. The fraction of sp³-hybridized carbons (Fsp3) is 0.125. The van der Waals surface area contributed by atoms with Crippen LogP contribution in [0.4, 0.5) is 13.2 Å². The summed E-state index contributed by atoms with van der Waals surface area (Å²) in [5, 5.41) is 0. The largest absolute Gasteiger partial charge is 0.337 e. The summed E-state index contributed by atoms with van der Waals surface area (Å²) >= 11 is 0. The molecular weight excluding hydrogens is 373 g/mol. The van der Waals surface area contributed by atoms with Crippen molar-refractivity contribution < 1.29 is 13.2 Å². The summed E-state index contributed by atoms with van der Waals surface area (Å²) in [5.74, 6) is 0.463. The molecule has 2 nitrogen and oxygen atoms in total. The first kappa shape index (κ1) is 19.0. The molecule has 0 unspecified atom stereocenters. The van der Waals surface area contributed by atoms with E-state index in [0.717, 1.165) is 0 Å². The highest BCUT2D eigenvalue weighted by Crippen LogP contribution is 2.37. The Morgan fingerprint density at radius 1 is 0.586 bits per heavy atom. The molecule has 29 heavy (non-hydrogen) atoms. The van der Waals surface area contributed by atoms with Gasteiger partial charge >= 0.3 is 0 Å². The lowest BCUT2D eigenvalue weighted by Crippen LogP contribution is -1.92. The minimum atomic E-state index is -0.649. The van der Waals surface area contributed by atoms with E-state index < -0.39 is 20.0 Å². The van der Waals surface area contributed by atoms with Crippen molar-refractivity contribution in [3.8, 4) is 33.9 Å². The van der Waals surface area contributed by atoms with Gasteiger partial charge in [-0.15, -0.1) is 0 Å². The highest BCUT2D eigenvalue weighted by molar-refractivity contribution is 5.84. The van der Waals surface area contributed by atoms with Gasteiger partial charge in [-0.25, -0.2) is 18.2 Å². The molecule has 1 heterocycles. The predicted molar refractivity (Wildman–Crippen MR) is 109 cm³/mol. The number of nitrogens with one attached hydrogen (secondary N) is 1. The van der Waals surface area contributed by atoms with Crippen LogP contribution in [0.25, 0.3) is 33.9 Å². The van der Waals surface area contributed by atoms with E-state index in [2.05, 4.69) is 4.98 Å². The van der Waals surface area contributed by atoms with Crippen LogP contribution in [0.5, 0.6) is 0 Å². The molecule has 4 aromatic rings. The Bertz CT molecular complexity index is 1070. The quantitative estimate of drug-likeness (QED) is 0.383. The van der Waals surface area contributed by atoms with Crippen LogP contribution >= 0.6 is 0 Å². The molecule has 0 saturated carbocycles. The van der Waals surface area contributed by atoms with Gasteiger partial charge in [-0.05, 0) is 16.7 Å². The molecule has 3 aromatic carbocycles. The number of aromatic nitrogens is 2. The number of H-pyrrole nitrogens is 1. The maximum Gasteiger partial charge on any atom is 0.138 e. The number of aromatic amines is 1. The SMILES string of the molecule is FCc1ccccc1-c1nc(-c2ccccc2CF)c(-c2ccccc2CF)[nH]1. The Labute approximate surface area is 167 Å². The van der Waals surface area contributed by atoms with Gasteiger partial charge in [0.1, 0.15) is 25.8 Å². The van der Waals surface area contributed by atoms with Gasteiger partial charge in [-0.2, -0.15) is 0 Å². The molecule has 5 heteroatoms. The third kappa shape index (κ3) is 3.56. The minimum absolute atomic E-state index is 0.463. The first-order valence-electron chi connectivity index (χ1n) is 9.29. The maximum absolute atomic E-state index is 13.7. The molecule has 1 aromatic heterocycles. The average molecular weight is 392 g/mol. The molecule has 0 radical (unpaired) electrons. The Balaban J connectivity index is 1.99. The highest BCUT2D eigenvalue weighted by Gasteiger charge is 2.20. The maximum atomic E-state index is 13.7. The van der Waals surface area contributed by atoms with E-state index in [1.54, 1.807) is 60.7 Å². The second-order valence-electron chi connectivity index (χ2n) is 6.68. The van der Waals surface area contributed by atoms with Crippen molar-refractivity contribution in [3.05, 3.63) is 89.5 Å². The molecule has 0 spiro atoms. The summed E-state index contributed by atoms with van der Waals surface area (Å²) in [4.78, 5) is 7.96. The normalized spacial score (nSPS) is 11.0. The van der Waals surface area contributed by atoms with Crippen molar-refractivity contribution >= 4 is 0 Å². The zero-order valence-electron chi connectivity index (χ0n) is 15.6.